The molecule has 0 saturated carbocycles. The van der Waals surface area contributed by atoms with E-state index in [2.05, 4.69) is 26.2 Å². The van der Waals surface area contributed by atoms with E-state index >= 15 is 0 Å². The Labute approximate surface area is 137 Å². The van der Waals surface area contributed by atoms with Gasteiger partial charge in [-0.25, -0.2) is 9.78 Å². The normalized spacial score (nSPS) is 14.0. The van der Waals surface area contributed by atoms with Gasteiger partial charge in [0.1, 0.15) is 16.5 Å². The second-order valence-corrected chi connectivity index (χ2v) is 6.44. The van der Waals surface area contributed by atoms with Crippen LogP contribution in [0.4, 0.5) is 10.6 Å². The van der Waals surface area contributed by atoms with E-state index in [-0.39, 0.29) is 0 Å². The number of halogens is 1. The van der Waals surface area contributed by atoms with E-state index in [1.54, 1.807) is 25.1 Å². The number of amides is 2. The molecular formula is C14H20BrN3O4. The van der Waals surface area contributed by atoms with Crippen LogP contribution in [-0.4, -0.2) is 34.8 Å². The molecule has 1 heterocycles. The first-order chi connectivity index (χ1) is 10.1. The number of aromatic nitrogens is 1. The maximum Gasteiger partial charge on any atom is 0.405 e. The second-order valence-electron chi connectivity index (χ2n) is 5.63. The van der Waals surface area contributed by atoms with Gasteiger partial charge in [-0.2, -0.15) is 0 Å². The first-order valence-corrected chi connectivity index (χ1v) is 7.45. The number of hydrogen-bond acceptors (Lipinski definition) is 5. The van der Waals surface area contributed by atoms with Gasteiger partial charge in [0.25, 0.3) is 5.91 Å². The summed E-state index contributed by atoms with van der Waals surface area (Å²) >= 11 is 3.21. The van der Waals surface area contributed by atoms with E-state index in [0.717, 1.165) is 0 Å². The third-order valence-corrected chi connectivity index (χ3v) is 2.88. The van der Waals surface area contributed by atoms with Gasteiger partial charge in [0.05, 0.1) is 5.60 Å². The number of rotatable bonds is 5. The standard InChI is InChI=1S/C14H20BrN3O4/c1-8(22-14(2,3)4)11(21-13(16)20)12(19)18-10-7-5-6-9(15)17-10/h5-8,11H,1-4H3,(H2,16,20)(H,17,18,19)/t8-,11+/m1/s1. The van der Waals surface area contributed by atoms with Crippen molar-refractivity contribution in [2.75, 3.05) is 5.32 Å². The van der Waals surface area contributed by atoms with Crippen molar-refractivity contribution in [3.63, 3.8) is 0 Å². The lowest BCUT2D eigenvalue weighted by atomic mass is 10.1. The molecule has 0 unspecified atom stereocenters. The molecule has 122 valence electrons. The minimum atomic E-state index is -1.18. The lowest BCUT2D eigenvalue weighted by Crippen LogP contribution is -2.45. The first-order valence-electron chi connectivity index (χ1n) is 6.66. The van der Waals surface area contributed by atoms with Crippen molar-refractivity contribution in [2.45, 2.75) is 45.5 Å². The summed E-state index contributed by atoms with van der Waals surface area (Å²) in [4.78, 5) is 27.4. The minimum absolute atomic E-state index is 0.320. The Kier molecular flexibility index (Phi) is 6.31. The number of carbonyl (C=O) groups excluding carboxylic acids is 2. The number of hydrogen-bond donors (Lipinski definition) is 2. The molecule has 0 saturated heterocycles. The highest BCUT2D eigenvalue weighted by atomic mass is 79.9. The smallest absolute Gasteiger partial charge is 0.405 e. The van der Waals surface area contributed by atoms with Crippen LogP contribution in [0.25, 0.3) is 0 Å². The summed E-state index contributed by atoms with van der Waals surface area (Å²) in [6.07, 6.45) is -2.91. The Balaban J connectivity index is 2.86. The van der Waals surface area contributed by atoms with Gasteiger partial charge in [-0.05, 0) is 55.8 Å². The molecule has 1 rings (SSSR count). The largest absolute Gasteiger partial charge is 0.433 e. The highest BCUT2D eigenvalue weighted by Gasteiger charge is 2.32. The number of ether oxygens (including phenoxy) is 2. The van der Waals surface area contributed by atoms with Gasteiger partial charge in [-0.3, -0.25) is 4.79 Å². The molecule has 1 aromatic heterocycles. The molecule has 7 nitrogen and oxygen atoms in total. The van der Waals surface area contributed by atoms with E-state index in [1.807, 2.05) is 20.8 Å². The molecule has 8 heteroatoms. The summed E-state index contributed by atoms with van der Waals surface area (Å²) in [6, 6.07) is 5.05. The Bertz CT molecular complexity index is 545. The second kappa shape index (κ2) is 7.55. The monoisotopic (exact) mass is 373 g/mol. The van der Waals surface area contributed by atoms with Crippen LogP contribution in [0.15, 0.2) is 22.8 Å². The fourth-order valence-electron chi connectivity index (χ4n) is 1.78. The fourth-order valence-corrected chi connectivity index (χ4v) is 2.13. The molecule has 2 atom stereocenters. The number of anilines is 1. The van der Waals surface area contributed by atoms with Crippen molar-refractivity contribution in [3.8, 4) is 0 Å². The van der Waals surface area contributed by atoms with Crippen LogP contribution < -0.4 is 11.1 Å². The van der Waals surface area contributed by atoms with Gasteiger partial charge in [-0.15, -0.1) is 0 Å². The molecule has 0 aliphatic rings. The van der Waals surface area contributed by atoms with Crippen LogP contribution in [0.5, 0.6) is 0 Å². The van der Waals surface area contributed by atoms with E-state index in [9.17, 15) is 9.59 Å². The molecule has 0 aliphatic carbocycles. The molecule has 0 fully saturated rings. The number of primary amides is 1. The van der Waals surface area contributed by atoms with Crippen LogP contribution in [0.3, 0.4) is 0 Å². The number of nitrogens with two attached hydrogens (primary N) is 1. The predicted octanol–water partition coefficient (Wildman–Crippen LogP) is 2.45. The molecular weight excluding hydrogens is 354 g/mol. The molecule has 0 spiro atoms. The Morgan fingerprint density at radius 2 is 2.00 bits per heavy atom. The van der Waals surface area contributed by atoms with Gasteiger partial charge in [0, 0.05) is 0 Å². The van der Waals surface area contributed by atoms with Gasteiger partial charge in [0.2, 0.25) is 6.10 Å². The minimum Gasteiger partial charge on any atom is -0.433 e. The highest BCUT2D eigenvalue weighted by Crippen LogP contribution is 2.17. The van der Waals surface area contributed by atoms with Crippen LogP contribution in [0, 0.1) is 0 Å². The quantitative estimate of drug-likeness (QED) is 0.771. The predicted molar refractivity (Wildman–Crippen MR) is 85.3 cm³/mol. The van der Waals surface area contributed by atoms with Crippen molar-refractivity contribution in [2.24, 2.45) is 5.73 Å². The van der Waals surface area contributed by atoms with Crippen LogP contribution >= 0.6 is 15.9 Å². The van der Waals surface area contributed by atoms with Gasteiger partial charge in [-0.1, -0.05) is 6.07 Å². The number of nitrogens with one attached hydrogen (secondary N) is 1. The lowest BCUT2D eigenvalue weighted by molar-refractivity contribution is -0.141. The molecule has 22 heavy (non-hydrogen) atoms. The summed E-state index contributed by atoms with van der Waals surface area (Å²) < 4.78 is 11.1. The van der Waals surface area contributed by atoms with E-state index < -0.39 is 29.8 Å². The summed E-state index contributed by atoms with van der Waals surface area (Å²) in [7, 11) is 0. The summed E-state index contributed by atoms with van der Waals surface area (Å²) in [6.45, 7) is 7.13. The van der Waals surface area contributed by atoms with E-state index in [0.29, 0.717) is 10.4 Å². The average molecular weight is 374 g/mol. The lowest BCUT2D eigenvalue weighted by Gasteiger charge is -2.29. The zero-order valence-corrected chi connectivity index (χ0v) is 14.5. The molecule has 0 aromatic carbocycles. The molecule has 1 aromatic rings. The van der Waals surface area contributed by atoms with Gasteiger partial charge >= 0.3 is 6.09 Å². The summed E-state index contributed by atoms with van der Waals surface area (Å²) in [5.74, 6) is -0.249. The van der Waals surface area contributed by atoms with Crippen LogP contribution in [-0.2, 0) is 14.3 Å². The van der Waals surface area contributed by atoms with Crippen molar-refractivity contribution in [1.82, 2.24) is 4.98 Å². The van der Waals surface area contributed by atoms with Crippen LogP contribution in [0.1, 0.15) is 27.7 Å². The average Bonchev–Trinajstić information content (AvgIpc) is 2.33. The third kappa shape index (κ3) is 6.40. The first kappa shape index (κ1) is 18.4. The van der Waals surface area contributed by atoms with Crippen molar-refractivity contribution in [3.05, 3.63) is 22.8 Å². The highest BCUT2D eigenvalue weighted by molar-refractivity contribution is 9.10. The molecule has 0 bridgehead atoms. The maximum absolute atomic E-state index is 12.3. The molecule has 3 N–H and O–H groups in total. The van der Waals surface area contributed by atoms with Crippen molar-refractivity contribution in [1.29, 1.82) is 0 Å². The Hall–Kier alpha value is -1.67. The number of nitrogens with zero attached hydrogens (tertiary/aromatic N) is 1. The molecule has 0 aliphatic heterocycles. The zero-order chi connectivity index (χ0) is 16.9. The number of pyridine rings is 1. The van der Waals surface area contributed by atoms with E-state index in [4.69, 9.17) is 15.2 Å². The van der Waals surface area contributed by atoms with Crippen LogP contribution in [0.2, 0.25) is 0 Å². The van der Waals surface area contributed by atoms with Crippen molar-refractivity contribution >= 4 is 33.7 Å². The fraction of sp³-hybridized carbons (Fsp3) is 0.500. The third-order valence-electron chi connectivity index (χ3n) is 2.43. The molecule has 0 radical (unpaired) electrons. The molecule has 2 amide bonds. The SMILES string of the molecule is C[C@@H](OC(C)(C)C)[C@H](OC(N)=O)C(=O)Nc1cccc(Br)n1. The summed E-state index contributed by atoms with van der Waals surface area (Å²) in [5, 5.41) is 2.56. The Morgan fingerprint density at radius 1 is 1.36 bits per heavy atom. The van der Waals surface area contributed by atoms with Crippen molar-refractivity contribution < 1.29 is 19.1 Å². The Morgan fingerprint density at radius 3 is 2.50 bits per heavy atom. The topological polar surface area (TPSA) is 104 Å². The number of carbonyl (C=O) groups is 2. The van der Waals surface area contributed by atoms with Gasteiger partial charge < -0.3 is 20.5 Å². The van der Waals surface area contributed by atoms with Gasteiger partial charge in [0.15, 0.2) is 0 Å². The summed E-state index contributed by atoms with van der Waals surface area (Å²) in [5.41, 5.74) is 4.52. The zero-order valence-electron chi connectivity index (χ0n) is 12.9. The van der Waals surface area contributed by atoms with E-state index in [1.165, 1.54) is 0 Å². The maximum atomic E-state index is 12.3.